The number of nitrogens with one attached hydrogen (secondary N) is 2. The smallest absolute Gasteiger partial charge is 0.240 e. The Morgan fingerprint density at radius 1 is 1.17 bits per heavy atom. The first kappa shape index (κ1) is 18.4. The Morgan fingerprint density at radius 2 is 1.83 bits per heavy atom. The van der Waals surface area contributed by atoms with Crippen LogP contribution in [0.2, 0.25) is 5.02 Å². The van der Waals surface area contributed by atoms with Gasteiger partial charge in [-0.05, 0) is 48.9 Å². The van der Waals surface area contributed by atoms with Crippen LogP contribution in [0.4, 0.5) is 10.1 Å². The van der Waals surface area contributed by atoms with Gasteiger partial charge >= 0.3 is 0 Å². The van der Waals surface area contributed by atoms with E-state index in [1.807, 2.05) is 6.92 Å². The molecule has 0 radical (unpaired) electrons. The predicted octanol–water partition coefficient (Wildman–Crippen LogP) is 3.09. The monoisotopic (exact) mass is 370 g/mol. The van der Waals surface area contributed by atoms with Crippen molar-refractivity contribution >= 4 is 33.2 Å². The molecule has 5 nitrogen and oxygen atoms in total. The van der Waals surface area contributed by atoms with E-state index in [0.717, 1.165) is 29.8 Å². The van der Waals surface area contributed by atoms with Crippen LogP contribution in [-0.2, 0) is 14.8 Å². The highest BCUT2D eigenvalue weighted by molar-refractivity contribution is 7.89. The van der Waals surface area contributed by atoms with Gasteiger partial charge in [0.25, 0.3) is 0 Å². The highest BCUT2D eigenvalue weighted by Crippen LogP contribution is 2.20. The van der Waals surface area contributed by atoms with Crippen molar-refractivity contribution in [2.45, 2.75) is 18.2 Å². The van der Waals surface area contributed by atoms with E-state index in [-0.39, 0.29) is 23.8 Å². The fourth-order valence-corrected chi connectivity index (χ4v) is 3.14. The van der Waals surface area contributed by atoms with Gasteiger partial charge in [0.05, 0.1) is 4.90 Å². The van der Waals surface area contributed by atoms with Gasteiger partial charge in [0, 0.05) is 23.7 Å². The molecular weight excluding hydrogens is 355 g/mol. The summed E-state index contributed by atoms with van der Waals surface area (Å²) in [6.07, 6.45) is -0.0492. The minimum Gasteiger partial charge on any atom is -0.326 e. The highest BCUT2D eigenvalue weighted by Gasteiger charge is 2.14. The second-order valence-electron chi connectivity index (χ2n) is 5.11. The largest absolute Gasteiger partial charge is 0.326 e. The molecule has 2 aromatic rings. The molecule has 0 aliphatic rings. The molecule has 2 rings (SSSR count). The minimum absolute atomic E-state index is 0.0492. The van der Waals surface area contributed by atoms with Gasteiger partial charge in [-0.15, -0.1) is 0 Å². The van der Waals surface area contributed by atoms with Gasteiger partial charge in [0.2, 0.25) is 15.9 Å². The summed E-state index contributed by atoms with van der Waals surface area (Å²) in [6.45, 7) is 1.74. The molecule has 2 aromatic carbocycles. The van der Waals surface area contributed by atoms with Crippen LogP contribution in [0.5, 0.6) is 0 Å². The first-order chi connectivity index (χ1) is 11.3. The van der Waals surface area contributed by atoms with Gasteiger partial charge in [-0.25, -0.2) is 17.5 Å². The van der Waals surface area contributed by atoms with Gasteiger partial charge in [-0.3, -0.25) is 4.79 Å². The summed E-state index contributed by atoms with van der Waals surface area (Å²) >= 11 is 5.87. The van der Waals surface area contributed by atoms with E-state index in [1.165, 1.54) is 0 Å². The number of carbonyl (C=O) groups excluding carboxylic acids is 1. The van der Waals surface area contributed by atoms with Crippen LogP contribution in [0.3, 0.4) is 0 Å². The number of amides is 1. The Hall–Kier alpha value is -1.96. The zero-order valence-corrected chi connectivity index (χ0v) is 14.4. The Morgan fingerprint density at radius 3 is 2.50 bits per heavy atom. The van der Waals surface area contributed by atoms with Gasteiger partial charge in [-0.2, -0.15) is 0 Å². The average Bonchev–Trinajstić information content (AvgIpc) is 2.51. The number of anilines is 1. The maximum atomic E-state index is 12.8. The molecule has 0 bridgehead atoms. The zero-order valence-electron chi connectivity index (χ0n) is 12.8. The molecule has 0 heterocycles. The molecule has 0 saturated heterocycles. The molecule has 2 N–H and O–H groups in total. The van der Waals surface area contributed by atoms with Crippen LogP contribution in [-0.4, -0.2) is 20.9 Å². The summed E-state index contributed by atoms with van der Waals surface area (Å²) in [5.74, 6) is -0.868. The molecule has 1 amide bonds. The van der Waals surface area contributed by atoms with E-state index < -0.39 is 15.8 Å². The lowest BCUT2D eigenvalue weighted by Crippen LogP contribution is -2.28. The van der Waals surface area contributed by atoms with Gasteiger partial charge in [-0.1, -0.05) is 17.7 Å². The number of rotatable bonds is 6. The summed E-state index contributed by atoms with van der Waals surface area (Å²) in [5, 5.41) is 3.17. The van der Waals surface area contributed by atoms with Crippen LogP contribution in [0.1, 0.15) is 12.0 Å². The topological polar surface area (TPSA) is 75.3 Å². The first-order valence-corrected chi connectivity index (χ1v) is 8.95. The molecule has 0 atom stereocenters. The molecule has 0 unspecified atom stereocenters. The average molecular weight is 371 g/mol. The summed E-state index contributed by atoms with van der Waals surface area (Å²) in [7, 11) is -3.78. The maximum absolute atomic E-state index is 12.8. The Kier molecular flexibility index (Phi) is 5.93. The van der Waals surface area contributed by atoms with E-state index in [1.54, 1.807) is 18.2 Å². The molecule has 0 fully saturated rings. The molecule has 0 saturated carbocycles. The van der Waals surface area contributed by atoms with Crippen LogP contribution < -0.4 is 10.0 Å². The van der Waals surface area contributed by atoms with Crippen molar-refractivity contribution in [3.05, 3.63) is 58.9 Å². The third-order valence-corrected chi connectivity index (χ3v) is 4.95. The van der Waals surface area contributed by atoms with Crippen molar-refractivity contribution < 1.29 is 17.6 Å². The lowest BCUT2D eigenvalue weighted by atomic mass is 10.2. The second kappa shape index (κ2) is 7.74. The zero-order chi connectivity index (χ0) is 17.7. The third kappa shape index (κ3) is 5.02. The summed E-state index contributed by atoms with van der Waals surface area (Å²) < 4.78 is 39.1. The molecule has 24 heavy (non-hydrogen) atoms. The van der Waals surface area contributed by atoms with Gasteiger partial charge in [0.1, 0.15) is 5.82 Å². The Balaban J connectivity index is 1.90. The number of halogens is 2. The molecule has 0 aromatic heterocycles. The molecule has 128 valence electrons. The van der Waals surface area contributed by atoms with Gasteiger partial charge in [0.15, 0.2) is 0 Å². The van der Waals surface area contributed by atoms with Crippen LogP contribution in [0, 0.1) is 12.7 Å². The Bertz CT molecular complexity index is 839. The summed E-state index contributed by atoms with van der Waals surface area (Å²) in [5.41, 5.74) is 1.42. The number of carbonyl (C=O) groups is 1. The van der Waals surface area contributed by atoms with Crippen LogP contribution in [0.15, 0.2) is 47.4 Å². The van der Waals surface area contributed by atoms with E-state index in [2.05, 4.69) is 10.0 Å². The summed E-state index contributed by atoms with van der Waals surface area (Å²) in [4.78, 5) is 11.8. The van der Waals surface area contributed by atoms with Crippen molar-refractivity contribution in [1.29, 1.82) is 0 Å². The number of aryl methyl sites for hydroxylation is 1. The lowest BCUT2D eigenvalue weighted by Gasteiger charge is -2.10. The molecule has 0 aliphatic carbocycles. The maximum Gasteiger partial charge on any atom is 0.240 e. The van der Waals surface area contributed by atoms with E-state index in [4.69, 9.17) is 11.6 Å². The van der Waals surface area contributed by atoms with Gasteiger partial charge < -0.3 is 5.32 Å². The normalized spacial score (nSPS) is 11.3. The number of sulfonamides is 1. The van der Waals surface area contributed by atoms with E-state index in [0.29, 0.717) is 10.7 Å². The number of hydrogen-bond donors (Lipinski definition) is 2. The van der Waals surface area contributed by atoms with Crippen LogP contribution >= 0.6 is 11.6 Å². The fraction of sp³-hybridized carbons (Fsp3) is 0.188. The standard InChI is InChI=1S/C16H16ClFN2O3S/c1-11-2-3-12(17)10-15(11)20-16(21)8-9-19-24(22,23)14-6-4-13(18)5-7-14/h2-7,10,19H,8-9H2,1H3,(H,20,21). The van der Waals surface area contributed by atoms with Crippen molar-refractivity contribution in [2.24, 2.45) is 0 Å². The van der Waals surface area contributed by atoms with Crippen molar-refractivity contribution in [3.8, 4) is 0 Å². The van der Waals surface area contributed by atoms with Crippen LogP contribution in [0.25, 0.3) is 0 Å². The molecule has 0 spiro atoms. The SMILES string of the molecule is Cc1ccc(Cl)cc1NC(=O)CCNS(=O)(=O)c1ccc(F)cc1. The Labute approximate surface area is 144 Å². The van der Waals surface area contributed by atoms with E-state index in [9.17, 15) is 17.6 Å². The minimum atomic E-state index is -3.78. The molecule has 8 heteroatoms. The third-order valence-electron chi connectivity index (χ3n) is 3.24. The lowest BCUT2D eigenvalue weighted by molar-refractivity contribution is -0.116. The quantitative estimate of drug-likeness (QED) is 0.820. The predicted molar refractivity (Wildman–Crippen MR) is 91.0 cm³/mol. The summed E-state index contributed by atoms with van der Waals surface area (Å²) in [6, 6.07) is 9.54. The highest BCUT2D eigenvalue weighted by atomic mass is 35.5. The van der Waals surface area contributed by atoms with Crippen molar-refractivity contribution in [2.75, 3.05) is 11.9 Å². The second-order valence-corrected chi connectivity index (χ2v) is 7.31. The molecule has 0 aliphatic heterocycles. The van der Waals surface area contributed by atoms with Crippen molar-refractivity contribution in [3.63, 3.8) is 0 Å². The molecular formula is C16H16ClFN2O3S. The van der Waals surface area contributed by atoms with E-state index >= 15 is 0 Å². The fourth-order valence-electron chi connectivity index (χ4n) is 1.94. The first-order valence-electron chi connectivity index (χ1n) is 7.09. The van der Waals surface area contributed by atoms with Crippen molar-refractivity contribution in [1.82, 2.24) is 4.72 Å². The number of hydrogen-bond acceptors (Lipinski definition) is 3. The number of benzene rings is 2.